The van der Waals surface area contributed by atoms with Crippen molar-refractivity contribution in [2.45, 2.75) is 91.0 Å². The number of ether oxygens (including phenoxy) is 1. The minimum atomic E-state index is -1.91. The number of carbonyl (C=O) groups excluding carboxylic acids is 1. The lowest BCUT2D eigenvalue weighted by Gasteiger charge is -2.39. The van der Waals surface area contributed by atoms with Crippen molar-refractivity contribution < 1.29 is 14.0 Å². The van der Waals surface area contributed by atoms with Gasteiger partial charge in [0.15, 0.2) is 8.32 Å². The third kappa shape index (κ3) is 4.02. The molecule has 3 nitrogen and oxygen atoms in total. The zero-order chi connectivity index (χ0) is 20.7. The predicted molar refractivity (Wildman–Crippen MR) is 115 cm³/mol. The van der Waals surface area contributed by atoms with Crippen molar-refractivity contribution in [1.82, 2.24) is 0 Å². The molecule has 0 bridgehead atoms. The van der Waals surface area contributed by atoms with E-state index in [9.17, 15) is 4.79 Å². The predicted octanol–water partition coefficient (Wildman–Crippen LogP) is 6.01. The fourth-order valence-electron chi connectivity index (χ4n) is 4.07. The lowest BCUT2D eigenvalue weighted by atomic mass is 9.64. The minimum Gasteiger partial charge on any atom is -0.466 e. The van der Waals surface area contributed by atoms with Crippen molar-refractivity contribution >= 4 is 14.3 Å². The van der Waals surface area contributed by atoms with Gasteiger partial charge in [-0.15, -0.1) is 0 Å². The van der Waals surface area contributed by atoms with Crippen LogP contribution in [0.1, 0.15) is 65.5 Å². The molecule has 4 heteroatoms. The first-order valence-electron chi connectivity index (χ1n) is 10.2. The summed E-state index contributed by atoms with van der Waals surface area (Å²) in [6, 6.07) is 8.60. The van der Waals surface area contributed by atoms with Crippen molar-refractivity contribution in [2.24, 2.45) is 5.41 Å². The van der Waals surface area contributed by atoms with E-state index in [1.165, 1.54) is 11.1 Å². The molecule has 0 amide bonds. The molecule has 0 unspecified atom stereocenters. The molecule has 1 aliphatic carbocycles. The summed E-state index contributed by atoms with van der Waals surface area (Å²) in [6.45, 7) is 20.0. The molecular formula is C23H38O3Si. The highest BCUT2D eigenvalue weighted by atomic mass is 28.4. The maximum atomic E-state index is 13.1. The highest BCUT2D eigenvalue weighted by Gasteiger charge is 2.60. The van der Waals surface area contributed by atoms with Crippen LogP contribution in [0.25, 0.3) is 0 Å². The highest BCUT2D eigenvalue weighted by Crippen LogP contribution is 2.56. The molecule has 1 fully saturated rings. The van der Waals surface area contributed by atoms with Gasteiger partial charge in [-0.2, -0.15) is 0 Å². The second kappa shape index (κ2) is 7.36. The van der Waals surface area contributed by atoms with Crippen LogP contribution in [0.4, 0.5) is 0 Å². The summed E-state index contributed by atoms with van der Waals surface area (Å²) in [5.41, 5.74) is 1.53. The first kappa shape index (κ1) is 22.2. The van der Waals surface area contributed by atoms with E-state index in [1.54, 1.807) is 0 Å². The van der Waals surface area contributed by atoms with Gasteiger partial charge in [0.1, 0.15) is 0 Å². The molecule has 3 atom stereocenters. The second-order valence-electron chi connectivity index (χ2n) is 10.2. The van der Waals surface area contributed by atoms with E-state index in [2.05, 4.69) is 78.9 Å². The van der Waals surface area contributed by atoms with Crippen molar-refractivity contribution in [3.8, 4) is 0 Å². The van der Waals surface area contributed by atoms with E-state index in [-0.39, 0.29) is 22.5 Å². The molecule has 0 aliphatic heterocycles. The third-order valence-corrected chi connectivity index (χ3v) is 11.7. The van der Waals surface area contributed by atoms with Gasteiger partial charge in [-0.25, -0.2) is 0 Å². The summed E-state index contributed by atoms with van der Waals surface area (Å²) in [7, 11) is -1.91. The normalized spacial score (nSPS) is 29.0. The number of carbonyl (C=O) groups is 1. The number of hydrogen-bond acceptors (Lipinski definition) is 3. The van der Waals surface area contributed by atoms with E-state index >= 15 is 0 Å². The van der Waals surface area contributed by atoms with Crippen molar-refractivity contribution in [3.05, 3.63) is 35.4 Å². The Labute approximate surface area is 167 Å². The molecule has 1 aromatic carbocycles. The Morgan fingerprint density at radius 1 is 1.15 bits per heavy atom. The van der Waals surface area contributed by atoms with Gasteiger partial charge in [0.2, 0.25) is 0 Å². The molecule has 1 aliphatic rings. The molecule has 2 rings (SSSR count). The maximum Gasteiger partial charge on any atom is 0.312 e. The fraction of sp³-hybridized carbons (Fsp3) is 0.696. The molecule has 27 heavy (non-hydrogen) atoms. The van der Waals surface area contributed by atoms with Crippen LogP contribution in [-0.4, -0.2) is 27.0 Å². The van der Waals surface area contributed by atoms with Gasteiger partial charge in [0.05, 0.1) is 12.0 Å². The summed E-state index contributed by atoms with van der Waals surface area (Å²) in [4.78, 5) is 13.1. The van der Waals surface area contributed by atoms with Gasteiger partial charge in [-0.05, 0) is 57.3 Å². The van der Waals surface area contributed by atoms with Gasteiger partial charge >= 0.3 is 5.97 Å². The summed E-state index contributed by atoms with van der Waals surface area (Å²) in [5, 5.41) is 0.149. The van der Waals surface area contributed by atoms with Gasteiger partial charge in [-0.1, -0.05) is 57.5 Å². The molecule has 152 valence electrons. The lowest BCUT2D eigenvalue weighted by molar-refractivity contribution is -0.157. The Kier molecular flexibility index (Phi) is 6.04. The molecule has 0 radical (unpaired) electrons. The van der Waals surface area contributed by atoms with Gasteiger partial charge < -0.3 is 9.16 Å². The summed E-state index contributed by atoms with van der Waals surface area (Å²) < 4.78 is 12.3. The summed E-state index contributed by atoms with van der Waals surface area (Å²) in [6.07, 6.45) is 1.63. The largest absolute Gasteiger partial charge is 0.466 e. The quantitative estimate of drug-likeness (QED) is 0.456. The van der Waals surface area contributed by atoms with E-state index in [0.717, 1.165) is 6.42 Å². The van der Waals surface area contributed by atoms with E-state index in [4.69, 9.17) is 9.16 Å². The average molecular weight is 391 g/mol. The number of esters is 1. The first-order chi connectivity index (χ1) is 12.3. The Morgan fingerprint density at radius 3 is 2.19 bits per heavy atom. The fourth-order valence-corrected chi connectivity index (χ4v) is 5.42. The van der Waals surface area contributed by atoms with Crippen molar-refractivity contribution in [3.63, 3.8) is 0 Å². The standard InChI is InChI=1S/C23H38O3Si/c1-10-25-20(24)23(7)16-19(26-27(8,9)21(3,4)5)15-22(23,6)18-13-11-17(2)12-14-18/h11-14,19H,10,15-16H2,1-9H3/t19-,22+,23-/m1/s1. The smallest absolute Gasteiger partial charge is 0.312 e. The number of benzene rings is 1. The number of rotatable bonds is 5. The number of aryl methyl sites for hydroxylation is 1. The van der Waals surface area contributed by atoms with Crippen LogP contribution >= 0.6 is 0 Å². The second-order valence-corrected chi connectivity index (χ2v) is 14.9. The molecule has 0 aromatic heterocycles. The highest BCUT2D eigenvalue weighted by molar-refractivity contribution is 6.74. The maximum absolute atomic E-state index is 13.1. The zero-order valence-corrected chi connectivity index (χ0v) is 19.7. The van der Waals surface area contributed by atoms with Crippen LogP contribution in [0.15, 0.2) is 24.3 Å². The van der Waals surface area contributed by atoms with Crippen molar-refractivity contribution in [2.75, 3.05) is 6.61 Å². The molecular weight excluding hydrogens is 352 g/mol. The van der Waals surface area contributed by atoms with Gasteiger partial charge in [0, 0.05) is 11.5 Å². The van der Waals surface area contributed by atoms with Crippen molar-refractivity contribution in [1.29, 1.82) is 0 Å². The Hall–Kier alpha value is -1.13. The SMILES string of the molecule is CCOC(=O)[C@@]1(C)C[C@H](O[Si](C)(C)C(C)(C)C)C[C@@]1(C)c1ccc(C)cc1. The molecule has 0 saturated heterocycles. The monoisotopic (exact) mass is 390 g/mol. The lowest BCUT2D eigenvalue weighted by Crippen LogP contribution is -2.44. The van der Waals surface area contributed by atoms with Crippen LogP contribution in [-0.2, 0) is 19.4 Å². The van der Waals surface area contributed by atoms with E-state index in [0.29, 0.717) is 13.0 Å². The van der Waals surface area contributed by atoms with E-state index < -0.39 is 13.7 Å². The van der Waals surface area contributed by atoms with Crippen LogP contribution in [0, 0.1) is 12.3 Å². The van der Waals surface area contributed by atoms with Crippen LogP contribution < -0.4 is 0 Å². The average Bonchev–Trinajstić information content (AvgIpc) is 2.79. The summed E-state index contributed by atoms with van der Waals surface area (Å²) >= 11 is 0. The van der Waals surface area contributed by atoms with Crippen LogP contribution in [0.5, 0.6) is 0 Å². The summed E-state index contributed by atoms with van der Waals surface area (Å²) in [5.74, 6) is -0.102. The van der Waals surface area contributed by atoms with Gasteiger partial charge in [0.25, 0.3) is 0 Å². The van der Waals surface area contributed by atoms with E-state index in [1.807, 2.05) is 6.92 Å². The Morgan fingerprint density at radius 2 is 1.70 bits per heavy atom. The third-order valence-electron chi connectivity index (χ3n) is 7.17. The zero-order valence-electron chi connectivity index (χ0n) is 18.7. The molecule has 0 spiro atoms. The molecule has 0 N–H and O–H groups in total. The Bertz CT molecular complexity index is 674. The Balaban J connectivity index is 2.43. The van der Waals surface area contributed by atoms with Crippen LogP contribution in [0.2, 0.25) is 18.1 Å². The first-order valence-corrected chi connectivity index (χ1v) is 13.1. The molecule has 1 saturated carbocycles. The number of hydrogen-bond donors (Lipinski definition) is 0. The minimum absolute atomic E-state index is 0.0756. The molecule has 1 aromatic rings. The molecule has 0 heterocycles. The van der Waals surface area contributed by atoms with Crippen LogP contribution in [0.3, 0.4) is 0 Å². The van der Waals surface area contributed by atoms with Gasteiger partial charge in [-0.3, -0.25) is 4.79 Å². The topological polar surface area (TPSA) is 35.5 Å².